The molecule has 4 nitrogen and oxygen atoms in total. The van der Waals surface area contributed by atoms with E-state index in [9.17, 15) is 0 Å². The minimum atomic E-state index is -0.0446. The Hall–Kier alpha value is -0.870. The summed E-state index contributed by atoms with van der Waals surface area (Å²) < 4.78 is 5.84. The van der Waals surface area contributed by atoms with E-state index in [1.165, 1.54) is 11.4 Å². The molecule has 15 heavy (non-hydrogen) atoms. The smallest absolute Gasteiger partial charge is 0.0926 e. The molecule has 2 aliphatic rings. The average molecular weight is 207 g/mol. The molecule has 82 valence electrons. The van der Waals surface area contributed by atoms with Crippen LogP contribution in [0.2, 0.25) is 0 Å². The first kappa shape index (κ1) is 9.36. The van der Waals surface area contributed by atoms with E-state index in [1.54, 1.807) is 6.33 Å². The summed E-state index contributed by atoms with van der Waals surface area (Å²) in [5.74, 6) is 0. The number of nitrogens with zero attached hydrogens (tertiary/aromatic N) is 1. The van der Waals surface area contributed by atoms with Crippen molar-refractivity contribution in [3.63, 3.8) is 0 Å². The van der Waals surface area contributed by atoms with E-state index in [-0.39, 0.29) is 11.1 Å². The number of imidazole rings is 1. The Morgan fingerprint density at radius 2 is 2.33 bits per heavy atom. The van der Waals surface area contributed by atoms with Crippen LogP contribution in [0.3, 0.4) is 0 Å². The summed E-state index contributed by atoms with van der Waals surface area (Å²) in [6.07, 6.45) is 3.83. The molecule has 1 aromatic heterocycles. The third-order valence-electron chi connectivity index (χ3n) is 3.45. The Bertz CT molecular complexity index is 385. The number of ether oxygens (including phenoxy) is 1. The van der Waals surface area contributed by atoms with Gasteiger partial charge in [0.1, 0.15) is 0 Å². The van der Waals surface area contributed by atoms with Gasteiger partial charge in [0.25, 0.3) is 0 Å². The van der Waals surface area contributed by atoms with Crippen molar-refractivity contribution in [1.29, 1.82) is 0 Å². The van der Waals surface area contributed by atoms with Crippen LogP contribution < -0.4 is 5.32 Å². The molecule has 0 aromatic carbocycles. The maximum absolute atomic E-state index is 5.84. The van der Waals surface area contributed by atoms with Gasteiger partial charge in [-0.2, -0.15) is 0 Å². The van der Waals surface area contributed by atoms with Gasteiger partial charge in [-0.1, -0.05) is 0 Å². The quantitative estimate of drug-likeness (QED) is 0.666. The third-order valence-corrected chi connectivity index (χ3v) is 3.45. The van der Waals surface area contributed by atoms with Gasteiger partial charge in [-0.3, -0.25) is 0 Å². The molecule has 2 aliphatic heterocycles. The highest BCUT2D eigenvalue weighted by Crippen LogP contribution is 2.41. The van der Waals surface area contributed by atoms with Crippen LogP contribution in [0.15, 0.2) is 6.33 Å². The van der Waals surface area contributed by atoms with Crippen LogP contribution in [0.4, 0.5) is 0 Å². The fourth-order valence-electron chi connectivity index (χ4n) is 2.85. The number of rotatable bonds is 0. The molecule has 1 spiro atoms. The van der Waals surface area contributed by atoms with Crippen molar-refractivity contribution in [2.75, 3.05) is 13.2 Å². The zero-order valence-electron chi connectivity index (χ0n) is 9.26. The predicted molar refractivity (Wildman–Crippen MR) is 56.6 cm³/mol. The van der Waals surface area contributed by atoms with E-state index >= 15 is 0 Å². The summed E-state index contributed by atoms with van der Waals surface area (Å²) in [7, 11) is 0. The van der Waals surface area contributed by atoms with Crippen molar-refractivity contribution in [3.05, 3.63) is 17.7 Å². The van der Waals surface area contributed by atoms with Gasteiger partial charge in [0.05, 0.1) is 29.8 Å². The molecule has 0 bridgehead atoms. The zero-order valence-corrected chi connectivity index (χ0v) is 9.26. The molecular formula is C11H17N3O. The second-order valence-corrected chi connectivity index (χ2v) is 5.21. The molecule has 1 unspecified atom stereocenters. The first-order chi connectivity index (χ1) is 7.11. The number of hydrogen-bond donors (Lipinski definition) is 2. The van der Waals surface area contributed by atoms with Gasteiger partial charge in [0, 0.05) is 25.1 Å². The summed E-state index contributed by atoms with van der Waals surface area (Å²) in [6, 6.07) is 0. The van der Waals surface area contributed by atoms with Crippen LogP contribution in [0.1, 0.15) is 31.7 Å². The van der Waals surface area contributed by atoms with Gasteiger partial charge in [0.15, 0.2) is 0 Å². The minimum absolute atomic E-state index is 0.0411. The lowest BCUT2D eigenvalue weighted by Crippen LogP contribution is -2.48. The first-order valence-electron chi connectivity index (χ1n) is 5.53. The highest BCUT2D eigenvalue weighted by atomic mass is 16.5. The zero-order chi connectivity index (χ0) is 10.5. The number of aromatic amines is 1. The van der Waals surface area contributed by atoms with Gasteiger partial charge in [-0.15, -0.1) is 0 Å². The van der Waals surface area contributed by atoms with Crippen molar-refractivity contribution in [1.82, 2.24) is 15.3 Å². The van der Waals surface area contributed by atoms with Crippen LogP contribution in [0.5, 0.6) is 0 Å². The number of H-pyrrole nitrogens is 1. The minimum Gasteiger partial charge on any atom is -0.373 e. The van der Waals surface area contributed by atoms with Gasteiger partial charge >= 0.3 is 0 Å². The Labute approximate surface area is 89.4 Å². The van der Waals surface area contributed by atoms with E-state index in [2.05, 4.69) is 29.1 Å². The van der Waals surface area contributed by atoms with Crippen molar-refractivity contribution in [3.8, 4) is 0 Å². The summed E-state index contributed by atoms with van der Waals surface area (Å²) >= 11 is 0. The first-order valence-corrected chi connectivity index (χ1v) is 5.53. The Morgan fingerprint density at radius 3 is 3.07 bits per heavy atom. The molecule has 3 heterocycles. The lowest BCUT2D eigenvalue weighted by molar-refractivity contribution is 0.0326. The van der Waals surface area contributed by atoms with Crippen LogP contribution in [-0.4, -0.2) is 28.7 Å². The molecule has 1 aromatic rings. The molecule has 0 amide bonds. The Morgan fingerprint density at radius 1 is 1.47 bits per heavy atom. The van der Waals surface area contributed by atoms with Crippen molar-refractivity contribution in [2.24, 2.45) is 0 Å². The summed E-state index contributed by atoms with van der Waals surface area (Å²) in [5, 5.41) is 3.58. The SMILES string of the molecule is CC1(C)CC2(CO1)NCCc1[nH]cnc12. The highest BCUT2D eigenvalue weighted by Gasteiger charge is 2.48. The number of nitrogens with one attached hydrogen (secondary N) is 2. The van der Waals surface area contributed by atoms with Crippen molar-refractivity contribution >= 4 is 0 Å². The molecule has 1 saturated heterocycles. The van der Waals surface area contributed by atoms with Gasteiger partial charge in [0.2, 0.25) is 0 Å². The van der Waals surface area contributed by atoms with E-state index in [4.69, 9.17) is 4.74 Å². The summed E-state index contributed by atoms with van der Waals surface area (Å²) in [5.41, 5.74) is 2.35. The molecule has 3 rings (SSSR count). The van der Waals surface area contributed by atoms with Crippen LogP contribution in [0, 0.1) is 0 Å². The largest absolute Gasteiger partial charge is 0.373 e. The maximum atomic E-state index is 5.84. The van der Waals surface area contributed by atoms with Crippen LogP contribution >= 0.6 is 0 Å². The standard InChI is InChI=1S/C11H17N3O/c1-10(2)5-11(6-15-10)9-8(3-4-14-11)12-7-13-9/h7,14H,3-6H2,1-2H3,(H,12,13). The Kier molecular flexibility index (Phi) is 1.77. The molecule has 0 saturated carbocycles. The number of aromatic nitrogens is 2. The maximum Gasteiger partial charge on any atom is 0.0926 e. The van der Waals surface area contributed by atoms with E-state index in [1.807, 2.05) is 0 Å². The number of hydrogen-bond acceptors (Lipinski definition) is 3. The molecule has 0 aliphatic carbocycles. The van der Waals surface area contributed by atoms with Gasteiger partial charge in [-0.25, -0.2) is 4.98 Å². The van der Waals surface area contributed by atoms with Crippen molar-refractivity contribution in [2.45, 2.75) is 37.8 Å². The lowest BCUT2D eigenvalue weighted by atomic mass is 9.84. The second-order valence-electron chi connectivity index (χ2n) is 5.21. The van der Waals surface area contributed by atoms with Crippen LogP contribution in [0.25, 0.3) is 0 Å². The van der Waals surface area contributed by atoms with Gasteiger partial charge in [-0.05, 0) is 13.8 Å². The van der Waals surface area contributed by atoms with Crippen molar-refractivity contribution < 1.29 is 4.74 Å². The number of fused-ring (bicyclic) bond motifs is 2. The topological polar surface area (TPSA) is 49.9 Å². The molecular weight excluding hydrogens is 190 g/mol. The summed E-state index contributed by atoms with van der Waals surface area (Å²) in [4.78, 5) is 7.69. The fourth-order valence-corrected chi connectivity index (χ4v) is 2.85. The van der Waals surface area contributed by atoms with E-state index in [0.717, 1.165) is 26.0 Å². The predicted octanol–water partition coefficient (Wildman–Crippen LogP) is 0.950. The van der Waals surface area contributed by atoms with E-state index in [0.29, 0.717) is 0 Å². The third kappa shape index (κ3) is 1.32. The fraction of sp³-hybridized carbons (Fsp3) is 0.727. The second kappa shape index (κ2) is 2.83. The lowest BCUT2D eigenvalue weighted by Gasteiger charge is -2.33. The molecule has 4 heteroatoms. The highest BCUT2D eigenvalue weighted by molar-refractivity contribution is 5.27. The Balaban J connectivity index is 2.02. The van der Waals surface area contributed by atoms with Gasteiger partial charge < -0.3 is 15.0 Å². The average Bonchev–Trinajstić information content (AvgIpc) is 2.73. The molecule has 2 N–H and O–H groups in total. The van der Waals surface area contributed by atoms with E-state index < -0.39 is 0 Å². The molecule has 1 atom stereocenters. The molecule has 1 fully saturated rings. The monoisotopic (exact) mass is 207 g/mol. The summed E-state index contributed by atoms with van der Waals surface area (Å²) in [6.45, 7) is 6.03. The van der Waals surface area contributed by atoms with Crippen LogP contribution in [-0.2, 0) is 16.7 Å². The normalized spacial score (nSPS) is 33.2. The molecule has 0 radical (unpaired) electrons.